The average Bonchev–Trinajstić information content (AvgIpc) is 2.46. The zero-order valence-corrected chi connectivity index (χ0v) is 16.9. The van der Waals surface area contributed by atoms with Crippen LogP contribution < -0.4 is 15.8 Å². The molecule has 0 unspecified atom stereocenters. The standard InChI is InChI=1S/C18H24N4O.HI/c1-13-8-9-14(15(11-13)23-18(2,3)4)12-21-17(19)22-16-7-5-6-10-20-16;/h5-11H,12H2,1-4H3,(H3,19,20,21,22);1H. The van der Waals surface area contributed by atoms with Crippen LogP contribution in [0.4, 0.5) is 5.82 Å². The molecular formula is C18H25IN4O. The largest absolute Gasteiger partial charge is 0.488 e. The Balaban J connectivity index is 0.00000288. The van der Waals surface area contributed by atoms with Gasteiger partial charge in [-0.3, -0.25) is 0 Å². The minimum Gasteiger partial charge on any atom is -0.488 e. The second-order valence-electron chi connectivity index (χ2n) is 6.37. The van der Waals surface area contributed by atoms with Crippen molar-refractivity contribution in [3.63, 3.8) is 0 Å². The summed E-state index contributed by atoms with van der Waals surface area (Å²) in [5.41, 5.74) is 7.81. The van der Waals surface area contributed by atoms with Crippen molar-refractivity contribution in [2.24, 2.45) is 10.7 Å². The van der Waals surface area contributed by atoms with Crippen molar-refractivity contribution in [3.05, 3.63) is 53.7 Å². The minimum absolute atomic E-state index is 0. The number of rotatable bonds is 4. The van der Waals surface area contributed by atoms with Crippen LogP contribution in [-0.2, 0) is 6.54 Å². The fraction of sp³-hybridized carbons (Fsp3) is 0.333. The van der Waals surface area contributed by atoms with Gasteiger partial charge < -0.3 is 15.8 Å². The Morgan fingerprint density at radius 2 is 2.00 bits per heavy atom. The van der Waals surface area contributed by atoms with Gasteiger partial charge in [0.2, 0.25) is 0 Å². The predicted molar refractivity (Wildman–Crippen MR) is 110 cm³/mol. The Kier molecular flexibility index (Phi) is 7.47. The number of benzene rings is 1. The number of halogens is 1. The van der Waals surface area contributed by atoms with Crippen molar-refractivity contribution >= 4 is 35.8 Å². The normalized spacial score (nSPS) is 11.6. The number of guanidine groups is 1. The van der Waals surface area contributed by atoms with Crippen LogP contribution in [0.1, 0.15) is 31.9 Å². The summed E-state index contributed by atoms with van der Waals surface area (Å²) in [5.74, 6) is 1.83. The molecule has 1 aromatic heterocycles. The zero-order valence-electron chi connectivity index (χ0n) is 14.5. The summed E-state index contributed by atoms with van der Waals surface area (Å²) in [6, 6.07) is 11.7. The number of ether oxygens (including phenoxy) is 1. The van der Waals surface area contributed by atoms with E-state index in [0.717, 1.165) is 16.9 Å². The number of aryl methyl sites for hydroxylation is 1. The third-order valence-corrected chi connectivity index (χ3v) is 2.98. The van der Waals surface area contributed by atoms with Crippen LogP contribution in [0.3, 0.4) is 0 Å². The van der Waals surface area contributed by atoms with E-state index in [1.165, 1.54) is 0 Å². The summed E-state index contributed by atoms with van der Waals surface area (Å²) in [6.07, 6.45) is 1.70. The highest BCUT2D eigenvalue weighted by atomic mass is 127. The summed E-state index contributed by atoms with van der Waals surface area (Å²) >= 11 is 0. The van der Waals surface area contributed by atoms with E-state index < -0.39 is 0 Å². The van der Waals surface area contributed by atoms with Crippen LogP contribution in [0.15, 0.2) is 47.6 Å². The number of nitrogens with one attached hydrogen (secondary N) is 1. The molecule has 3 N–H and O–H groups in total. The lowest BCUT2D eigenvalue weighted by Gasteiger charge is -2.23. The molecule has 5 nitrogen and oxygen atoms in total. The maximum Gasteiger partial charge on any atom is 0.194 e. The summed E-state index contributed by atoms with van der Waals surface area (Å²) in [4.78, 5) is 8.53. The van der Waals surface area contributed by atoms with Crippen molar-refractivity contribution in [3.8, 4) is 5.75 Å². The van der Waals surface area contributed by atoms with Crippen molar-refractivity contribution in [2.75, 3.05) is 5.32 Å². The Bertz CT molecular complexity index is 681. The van der Waals surface area contributed by atoms with E-state index in [2.05, 4.69) is 15.3 Å². The molecule has 130 valence electrons. The third kappa shape index (κ3) is 6.74. The monoisotopic (exact) mass is 440 g/mol. The van der Waals surface area contributed by atoms with Gasteiger partial charge in [-0.15, -0.1) is 24.0 Å². The summed E-state index contributed by atoms with van der Waals surface area (Å²) in [6.45, 7) is 8.56. The van der Waals surface area contributed by atoms with Crippen LogP contribution in [0.25, 0.3) is 0 Å². The highest BCUT2D eigenvalue weighted by molar-refractivity contribution is 14.0. The number of hydrogen-bond donors (Lipinski definition) is 2. The quantitative estimate of drug-likeness (QED) is 0.427. The van der Waals surface area contributed by atoms with Crippen LogP contribution in [0.5, 0.6) is 5.75 Å². The molecule has 0 fully saturated rings. The highest BCUT2D eigenvalue weighted by Gasteiger charge is 2.14. The Hall–Kier alpha value is -1.83. The van der Waals surface area contributed by atoms with Gasteiger partial charge in [0.1, 0.15) is 17.2 Å². The van der Waals surface area contributed by atoms with Crippen molar-refractivity contribution in [1.82, 2.24) is 4.98 Å². The van der Waals surface area contributed by atoms with Crippen LogP contribution in [0, 0.1) is 6.92 Å². The fourth-order valence-electron chi connectivity index (χ4n) is 2.00. The van der Waals surface area contributed by atoms with E-state index in [9.17, 15) is 0 Å². The molecule has 0 bridgehead atoms. The van der Waals surface area contributed by atoms with Gasteiger partial charge in [-0.05, 0) is 51.5 Å². The van der Waals surface area contributed by atoms with Crippen LogP contribution in [0.2, 0.25) is 0 Å². The number of aromatic nitrogens is 1. The van der Waals surface area contributed by atoms with Crippen molar-refractivity contribution in [2.45, 2.75) is 39.8 Å². The summed E-state index contributed by atoms with van der Waals surface area (Å²) in [7, 11) is 0. The molecule has 24 heavy (non-hydrogen) atoms. The van der Waals surface area contributed by atoms with E-state index in [4.69, 9.17) is 10.5 Å². The van der Waals surface area contributed by atoms with Crippen LogP contribution >= 0.6 is 24.0 Å². The lowest BCUT2D eigenvalue weighted by molar-refractivity contribution is 0.129. The Morgan fingerprint density at radius 3 is 2.62 bits per heavy atom. The molecule has 0 aliphatic heterocycles. The first-order chi connectivity index (χ1) is 10.8. The van der Waals surface area contributed by atoms with Gasteiger partial charge in [-0.1, -0.05) is 18.2 Å². The topological polar surface area (TPSA) is 72.5 Å². The third-order valence-electron chi connectivity index (χ3n) is 2.98. The molecule has 0 atom stereocenters. The van der Waals surface area contributed by atoms with Gasteiger partial charge in [0.25, 0.3) is 0 Å². The molecule has 0 amide bonds. The van der Waals surface area contributed by atoms with Gasteiger partial charge in [0.15, 0.2) is 5.96 Å². The smallest absolute Gasteiger partial charge is 0.194 e. The Morgan fingerprint density at radius 1 is 1.25 bits per heavy atom. The van der Waals surface area contributed by atoms with Crippen LogP contribution in [-0.4, -0.2) is 16.5 Å². The molecule has 1 heterocycles. The number of nitrogens with two attached hydrogens (primary N) is 1. The molecule has 0 aliphatic carbocycles. The first kappa shape index (κ1) is 20.2. The summed E-state index contributed by atoms with van der Waals surface area (Å²) < 4.78 is 6.02. The second kappa shape index (κ2) is 8.86. The molecule has 0 saturated heterocycles. The molecule has 0 aliphatic rings. The molecule has 0 spiro atoms. The number of aliphatic imine (C=N–C) groups is 1. The van der Waals surface area contributed by atoms with Gasteiger partial charge in [0.05, 0.1) is 6.54 Å². The Labute approximate surface area is 160 Å². The molecule has 6 heteroatoms. The number of hydrogen-bond acceptors (Lipinski definition) is 3. The van der Waals surface area contributed by atoms with E-state index in [0.29, 0.717) is 18.3 Å². The van der Waals surface area contributed by atoms with E-state index >= 15 is 0 Å². The number of anilines is 1. The second-order valence-corrected chi connectivity index (χ2v) is 6.37. The van der Waals surface area contributed by atoms with E-state index in [1.54, 1.807) is 6.20 Å². The lowest BCUT2D eigenvalue weighted by atomic mass is 10.1. The summed E-state index contributed by atoms with van der Waals surface area (Å²) in [5, 5.41) is 2.97. The average molecular weight is 440 g/mol. The predicted octanol–water partition coefficient (Wildman–Crippen LogP) is 4.11. The highest BCUT2D eigenvalue weighted by Crippen LogP contribution is 2.25. The van der Waals surface area contributed by atoms with Gasteiger partial charge in [-0.2, -0.15) is 0 Å². The number of pyridine rings is 1. The first-order valence-electron chi connectivity index (χ1n) is 7.60. The lowest BCUT2D eigenvalue weighted by Crippen LogP contribution is -2.24. The van der Waals surface area contributed by atoms with Crippen molar-refractivity contribution < 1.29 is 4.74 Å². The molecule has 1 aromatic carbocycles. The molecular weight excluding hydrogens is 415 g/mol. The molecule has 0 radical (unpaired) electrons. The maximum absolute atomic E-state index is 6.02. The van der Waals surface area contributed by atoms with E-state index in [1.807, 2.05) is 64.1 Å². The van der Waals surface area contributed by atoms with Gasteiger partial charge >= 0.3 is 0 Å². The SMILES string of the molecule is Cc1ccc(CN=C(N)Nc2ccccn2)c(OC(C)(C)C)c1.I. The fourth-order valence-corrected chi connectivity index (χ4v) is 2.00. The minimum atomic E-state index is -0.260. The van der Waals surface area contributed by atoms with Gasteiger partial charge in [-0.25, -0.2) is 9.98 Å². The first-order valence-corrected chi connectivity index (χ1v) is 7.60. The van der Waals surface area contributed by atoms with Crippen molar-refractivity contribution in [1.29, 1.82) is 0 Å². The zero-order chi connectivity index (χ0) is 16.9. The molecule has 2 rings (SSSR count). The maximum atomic E-state index is 6.02. The van der Waals surface area contributed by atoms with E-state index in [-0.39, 0.29) is 29.6 Å². The van der Waals surface area contributed by atoms with Gasteiger partial charge in [0, 0.05) is 11.8 Å². The molecule has 2 aromatic rings. The molecule has 0 saturated carbocycles. The number of nitrogens with zero attached hydrogens (tertiary/aromatic N) is 2.